The largest absolute Gasteiger partial charge is 0.0651 e. The molecule has 0 nitrogen and oxygen atoms in total. The first-order valence-electron chi connectivity index (χ1n) is 2.43. The first-order valence-corrected chi connectivity index (χ1v) is 2.43. The van der Waals surface area contributed by atoms with Gasteiger partial charge < -0.3 is 0 Å². The Morgan fingerprint density at radius 1 is 1.80 bits per heavy atom. The van der Waals surface area contributed by atoms with Crippen LogP contribution in [0.1, 0.15) is 27.6 Å². The molecule has 0 spiro atoms. The van der Waals surface area contributed by atoms with Crippen molar-refractivity contribution in [2.75, 3.05) is 0 Å². The van der Waals surface area contributed by atoms with Gasteiger partial charge in [-0.3, -0.25) is 0 Å². The summed E-state index contributed by atoms with van der Waals surface area (Å²) < 4.78 is 0. The van der Waals surface area contributed by atoms with Gasteiger partial charge in [-0.05, 0) is 5.92 Å². The van der Waals surface area contributed by atoms with Crippen LogP contribution in [-0.2, 0) is 0 Å². The van der Waals surface area contributed by atoms with Crippen LogP contribution in [-0.4, -0.2) is 0 Å². The molecule has 1 aliphatic rings. The van der Waals surface area contributed by atoms with Crippen molar-refractivity contribution in [3.8, 4) is 0 Å². The van der Waals surface area contributed by atoms with Crippen LogP contribution in [0.4, 0.5) is 0 Å². The van der Waals surface area contributed by atoms with Crippen molar-refractivity contribution in [3.63, 3.8) is 0 Å². The van der Waals surface area contributed by atoms with Crippen LogP contribution < -0.4 is 0 Å². The fourth-order valence-electron chi connectivity index (χ4n) is 0.526. The summed E-state index contributed by atoms with van der Waals surface area (Å²) in [5.74, 6) is 1.13. The van der Waals surface area contributed by atoms with Crippen molar-refractivity contribution in [2.24, 2.45) is 5.92 Å². The third kappa shape index (κ3) is 0.640. The molecule has 0 aromatic heterocycles. The molecule has 0 amide bonds. The normalized spacial score (nSPS) is 23.4. The molecule has 1 aliphatic carbocycles. The molecule has 0 bridgehead atoms. The van der Waals surface area contributed by atoms with E-state index in [4.69, 9.17) is 0 Å². The fraction of sp³-hybridized carbons (Fsp3) is 1.00. The molecule has 1 saturated carbocycles. The number of rotatable bonds is 1. The molecule has 0 heteroatoms. The lowest BCUT2D eigenvalue weighted by Gasteiger charge is -1.72. The second-order valence-corrected chi connectivity index (χ2v) is 1.85. The lowest BCUT2D eigenvalue weighted by molar-refractivity contribution is 0.799. The molecule has 0 heterocycles. The summed E-state index contributed by atoms with van der Waals surface area (Å²) in [7, 11) is 0. The minimum atomic E-state index is 0. The summed E-state index contributed by atoms with van der Waals surface area (Å²) in [5, 5.41) is 0. The summed E-state index contributed by atoms with van der Waals surface area (Å²) in [6.45, 7) is 2.26. The monoisotopic (exact) mass is 72.1 g/mol. The van der Waals surface area contributed by atoms with Crippen molar-refractivity contribution in [2.45, 2.75) is 26.2 Å². The van der Waals surface area contributed by atoms with Crippen LogP contribution >= 0.6 is 0 Å². The van der Waals surface area contributed by atoms with Gasteiger partial charge in [-0.15, -0.1) is 0 Å². The zero-order valence-corrected chi connectivity index (χ0v) is 3.70. The van der Waals surface area contributed by atoms with Gasteiger partial charge in [0.2, 0.25) is 0 Å². The average molecular weight is 72.2 g/mol. The molecule has 0 unspecified atom stereocenters. The molecule has 0 radical (unpaired) electrons. The van der Waals surface area contributed by atoms with Crippen LogP contribution in [0.25, 0.3) is 0 Å². The second-order valence-electron chi connectivity index (χ2n) is 1.85. The highest BCUT2D eigenvalue weighted by atomic mass is 14.2. The van der Waals surface area contributed by atoms with E-state index in [1.54, 1.807) is 0 Å². The lowest BCUT2D eigenvalue weighted by atomic mass is 10.3. The maximum atomic E-state index is 2.26. The van der Waals surface area contributed by atoms with E-state index in [1.165, 1.54) is 19.3 Å². The topological polar surface area (TPSA) is 0 Å². The minimum Gasteiger partial charge on any atom is -0.0651 e. The summed E-state index contributed by atoms with van der Waals surface area (Å²) in [6, 6.07) is 0. The first kappa shape index (κ1) is 3.20. The van der Waals surface area contributed by atoms with E-state index < -0.39 is 0 Å². The van der Waals surface area contributed by atoms with Gasteiger partial charge in [0.1, 0.15) is 0 Å². The highest BCUT2D eigenvalue weighted by Gasteiger charge is 2.17. The predicted molar refractivity (Wildman–Crippen MR) is 25.1 cm³/mol. The molecule has 0 saturated heterocycles. The minimum absolute atomic E-state index is 0. The average Bonchev–Trinajstić information content (AvgIpc) is 2.12. The van der Waals surface area contributed by atoms with Gasteiger partial charge in [-0.25, -0.2) is 0 Å². The van der Waals surface area contributed by atoms with Crippen molar-refractivity contribution < 1.29 is 1.43 Å². The Balaban J connectivity index is 0.000000250. The SMILES string of the molecule is CCC1CC1.[HH]. The molecule has 0 aromatic rings. The third-order valence-corrected chi connectivity index (χ3v) is 1.27. The van der Waals surface area contributed by atoms with Gasteiger partial charge in [0.15, 0.2) is 0 Å². The van der Waals surface area contributed by atoms with E-state index in [2.05, 4.69) is 6.92 Å². The highest BCUT2D eigenvalue weighted by Crippen LogP contribution is 2.31. The van der Waals surface area contributed by atoms with Crippen molar-refractivity contribution in [1.82, 2.24) is 0 Å². The van der Waals surface area contributed by atoms with E-state index in [9.17, 15) is 0 Å². The van der Waals surface area contributed by atoms with Gasteiger partial charge in [0.05, 0.1) is 0 Å². The molecule has 0 atom stereocenters. The Kier molecular flexibility index (Phi) is 0.640. The van der Waals surface area contributed by atoms with Gasteiger partial charge in [0, 0.05) is 1.43 Å². The molecule has 5 heavy (non-hydrogen) atoms. The van der Waals surface area contributed by atoms with E-state index in [-0.39, 0.29) is 1.43 Å². The Morgan fingerprint density at radius 2 is 2.40 bits per heavy atom. The van der Waals surface area contributed by atoms with Gasteiger partial charge in [0.25, 0.3) is 0 Å². The fourth-order valence-corrected chi connectivity index (χ4v) is 0.526. The van der Waals surface area contributed by atoms with Crippen LogP contribution in [0.15, 0.2) is 0 Å². The number of hydrogen-bond acceptors (Lipinski definition) is 0. The van der Waals surface area contributed by atoms with E-state index in [0.717, 1.165) is 5.92 Å². The number of hydrogen-bond donors (Lipinski definition) is 0. The summed E-state index contributed by atoms with van der Waals surface area (Å²) >= 11 is 0. The van der Waals surface area contributed by atoms with Gasteiger partial charge >= 0.3 is 0 Å². The van der Waals surface area contributed by atoms with Crippen molar-refractivity contribution >= 4 is 0 Å². The molecule has 1 fully saturated rings. The quantitative estimate of drug-likeness (QED) is 0.444. The third-order valence-electron chi connectivity index (χ3n) is 1.27. The Morgan fingerprint density at radius 3 is 2.40 bits per heavy atom. The Bertz CT molecular complexity index is 30.9. The summed E-state index contributed by atoms with van der Waals surface area (Å²) in [4.78, 5) is 0. The van der Waals surface area contributed by atoms with Crippen LogP contribution in [0.3, 0.4) is 0 Å². The Hall–Kier alpha value is 0. The van der Waals surface area contributed by atoms with E-state index in [1.807, 2.05) is 0 Å². The predicted octanol–water partition coefficient (Wildman–Crippen LogP) is 2.05. The summed E-state index contributed by atoms with van der Waals surface area (Å²) in [5.41, 5.74) is 0. The maximum Gasteiger partial charge on any atom is 0 e. The van der Waals surface area contributed by atoms with Crippen molar-refractivity contribution in [1.29, 1.82) is 0 Å². The van der Waals surface area contributed by atoms with E-state index >= 15 is 0 Å². The highest BCUT2D eigenvalue weighted by molar-refractivity contribution is 4.69. The van der Waals surface area contributed by atoms with Crippen LogP contribution in [0, 0.1) is 5.92 Å². The molecular formula is C5H12. The van der Waals surface area contributed by atoms with Gasteiger partial charge in [-0.1, -0.05) is 26.2 Å². The summed E-state index contributed by atoms with van der Waals surface area (Å²) in [6.07, 6.45) is 4.44. The molecule has 0 aromatic carbocycles. The molecule has 0 N–H and O–H groups in total. The van der Waals surface area contributed by atoms with Crippen molar-refractivity contribution in [3.05, 3.63) is 0 Å². The van der Waals surface area contributed by atoms with Gasteiger partial charge in [-0.2, -0.15) is 0 Å². The maximum absolute atomic E-state index is 2.26. The lowest BCUT2D eigenvalue weighted by Crippen LogP contribution is -1.59. The molecule has 1 rings (SSSR count). The Labute approximate surface area is 34.7 Å². The molecule has 32 valence electrons. The molecule has 0 aliphatic heterocycles. The second kappa shape index (κ2) is 1.00. The zero-order chi connectivity index (χ0) is 3.70. The molecular weight excluding hydrogens is 60.1 g/mol. The van der Waals surface area contributed by atoms with Crippen LogP contribution in [0.2, 0.25) is 0 Å². The van der Waals surface area contributed by atoms with Crippen LogP contribution in [0.5, 0.6) is 0 Å². The zero-order valence-electron chi connectivity index (χ0n) is 3.70. The first-order chi connectivity index (χ1) is 2.43. The standard InChI is InChI=1S/C5H10.H2/c1-2-5-3-4-5;/h5H,2-4H2,1H3;1H. The van der Waals surface area contributed by atoms with E-state index in [0.29, 0.717) is 0 Å². The smallest absolute Gasteiger partial charge is 0 e.